The quantitative estimate of drug-likeness (QED) is 0.386. The van der Waals surface area contributed by atoms with Crippen LogP contribution in [-0.2, 0) is 4.79 Å². The molecule has 24 heavy (non-hydrogen) atoms. The molecule has 1 amide bonds. The van der Waals surface area contributed by atoms with Gasteiger partial charge in [0.1, 0.15) is 12.4 Å². The van der Waals surface area contributed by atoms with Crippen molar-refractivity contribution in [2.75, 3.05) is 17.2 Å². The number of nitrogens with one attached hydrogen (secondary N) is 2. The summed E-state index contributed by atoms with van der Waals surface area (Å²) in [4.78, 5) is 15.8. The number of nitrogens with zero attached hydrogens (tertiary/aromatic N) is 1. The predicted octanol–water partition coefficient (Wildman–Crippen LogP) is 3.43. The van der Waals surface area contributed by atoms with Crippen molar-refractivity contribution in [1.29, 1.82) is 0 Å². The van der Waals surface area contributed by atoms with Crippen molar-refractivity contribution in [1.82, 2.24) is 0 Å². The Labute approximate surface area is 157 Å². The van der Waals surface area contributed by atoms with E-state index >= 15 is 0 Å². The Balaban J connectivity index is 0.00000288. The summed E-state index contributed by atoms with van der Waals surface area (Å²) >= 11 is 0. The third kappa shape index (κ3) is 6.53. The first-order chi connectivity index (χ1) is 10.9. The molecule has 0 aliphatic heterocycles. The van der Waals surface area contributed by atoms with E-state index < -0.39 is 0 Å². The maximum Gasteiger partial charge on any atom is 0.246 e. The van der Waals surface area contributed by atoms with Gasteiger partial charge in [-0.1, -0.05) is 6.07 Å². The maximum absolute atomic E-state index is 12.8. The fraction of sp³-hybridized carbons (Fsp3) is 0.176. The first-order valence-electron chi connectivity index (χ1n) is 7.13. The summed E-state index contributed by atoms with van der Waals surface area (Å²) in [6, 6.07) is 11.4. The highest BCUT2D eigenvalue weighted by molar-refractivity contribution is 14.0. The largest absolute Gasteiger partial charge is 0.370 e. The van der Waals surface area contributed by atoms with Crippen LogP contribution in [0.15, 0.2) is 47.5 Å². The van der Waals surface area contributed by atoms with E-state index in [2.05, 4.69) is 21.7 Å². The number of carbonyl (C=O) groups excluding carboxylic acids is 1. The van der Waals surface area contributed by atoms with Crippen LogP contribution in [0.2, 0.25) is 0 Å². The summed E-state index contributed by atoms with van der Waals surface area (Å²) in [6.45, 7) is 3.85. The van der Waals surface area contributed by atoms with Crippen LogP contribution in [0.3, 0.4) is 0 Å². The molecule has 4 N–H and O–H groups in total. The number of amides is 1. The van der Waals surface area contributed by atoms with Gasteiger partial charge in [0.25, 0.3) is 0 Å². The highest BCUT2D eigenvalue weighted by Gasteiger charge is 2.03. The van der Waals surface area contributed by atoms with E-state index in [4.69, 9.17) is 5.73 Å². The molecule has 0 spiro atoms. The third-order valence-electron chi connectivity index (χ3n) is 3.02. The molecule has 0 radical (unpaired) electrons. The Bertz CT molecular complexity index is 712. The van der Waals surface area contributed by atoms with Gasteiger partial charge < -0.3 is 16.4 Å². The standard InChI is InChI=1S/C17H19FN4O.HI/c1-11-7-12(2)9-15(8-11)22-17(19)20-10-16(23)21-14-5-3-13(18)4-6-14;/h3-9H,10H2,1-2H3,(H,21,23)(H3,19,20,22);1H. The Morgan fingerprint density at radius 3 is 2.21 bits per heavy atom. The molecule has 0 aromatic heterocycles. The monoisotopic (exact) mass is 442 g/mol. The second-order valence-electron chi connectivity index (χ2n) is 5.26. The lowest BCUT2D eigenvalue weighted by molar-refractivity contribution is -0.114. The minimum atomic E-state index is -0.358. The van der Waals surface area contributed by atoms with Crippen LogP contribution in [-0.4, -0.2) is 18.4 Å². The lowest BCUT2D eigenvalue weighted by Crippen LogP contribution is -2.25. The molecular weight excluding hydrogens is 422 g/mol. The SMILES string of the molecule is Cc1cc(C)cc(NC(N)=NCC(=O)Nc2ccc(F)cc2)c1.I. The zero-order chi connectivity index (χ0) is 16.8. The zero-order valence-corrected chi connectivity index (χ0v) is 15.8. The van der Waals surface area contributed by atoms with Gasteiger partial charge in [-0.3, -0.25) is 4.79 Å². The van der Waals surface area contributed by atoms with Crippen LogP contribution in [0.5, 0.6) is 0 Å². The fourth-order valence-corrected chi connectivity index (χ4v) is 2.12. The van der Waals surface area contributed by atoms with E-state index in [9.17, 15) is 9.18 Å². The summed E-state index contributed by atoms with van der Waals surface area (Å²) < 4.78 is 12.8. The van der Waals surface area contributed by atoms with Crippen molar-refractivity contribution in [3.05, 3.63) is 59.4 Å². The summed E-state index contributed by atoms with van der Waals surface area (Å²) in [5.41, 5.74) is 9.32. The number of rotatable bonds is 4. The van der Waals surface area contributed by atoms with E-state index in [-0.39, 0.29) is 48.2 Å². The summed E-state index contributed by atoms with van der Waals surface area (Å²) in [6.07, 6.45) is 0. The second-order valence-corrected chi connectivity index (χ2v) is 5.26. The molecule has 0 aliphatic carbocycles. The van der Waals surface area contributed by atoms with Crippen LogP contribution >= 0.6 is 24.0 Å². The molecule has 128 valence electrons. The Hall–Kier alpha value is -2.16. The van der Waals surface area contributed by atoms with Crippen molar-refractivity contribution in [3.63, 3.8) is 0 Å². The summed E-state index contributed by atoms with van der Waals surface area (Å²) in [5.74, 6) is -0.533. The number of halogens is 2. The average Bonchev–Trinajstić information content (AvgIpc) is 2.46. The van der Waals surface area contributed by atoms with Crippen LogP contribution in [0.4, 0.5) is 15.8 Å². The summed E-state index contributed by atoms with van der Waals surface area (Å²) in [7, 11) is 0. The number of hydrogen-bond acceptors (Lipinski definition) is 2. The molecule has 2 aromatic carbocycles. The lowest BCUT2D eigenvalue weighted by atomic mass is 10.1. The van der Waals surface area contributed by atoms with Gasteiger partial charge in [-0.25, -0.2) is 9.38 Å². The molecule has 0 aliphatic rings. The van der Waals surface area contributed by atoms with E-state index in [1.807, 2.05) is 26.0 Å². The minimum Gasteiger partial charge on any atom is -0.370 e. The molecule has 0 saturated carbocycles. The smallest absolute Gasteiger partial charge is 0.246 e. The highest BCUT2D eigenvalue weighted by Crippen LogP contribution is 2.13. The van der Waals surface area contributed by atoms with Gasteiger partial charge in [0, 0.05) is 11.4 Å². The van der Waals surface area contributed by atoms with Crippen molar-refractivity contribution < 1.29 is 9.18 Å². The van der Waals surface area contributed by atoms with Gasteiger partial charge in [-0.05, 0) is 61.4 Å². The molecule has 0 atom stereocenters. The second kappa shape index (κ2) is 9.21. The number of benzene rings is 2. The summed E-state index contributed by atoms with van der Waals surface area (Å²) in [5, 5.41) is 5.56. The minimum absolute atomic E-state index is 0. The van der Waals surface area contributed by atoms with Gasteiger partial charge in [0.15, 0.2) is 5.96 Å². The van der Waals surface area contributed by atoms with Crippen LogP contribution in [0, 0.1) is 19.7 Å². The molecule has 0 bridgehead atoms. The normalized spacial score (nSPS) is 10.7. The van der Waals surface area contributed by atoms with Crippen LogP contribution in [0.25, 0.3) is 0 Å². The van der Waals surface area contributed by atoms with Gasteiger partial charge >= 0.3 is 0 Å². The van der Waals surface area contributed by atoms with Crippen molar-refractivity contribution >= 4 is 47.2 Å². The molecule has 0 fully saturated rings. The number of carbonyl (C=O) groups is 1. The van der Waals surface area contributed by atoms with Crippen molar-refractivity contribution in [2.45, 2.75) is 13.8 Å². The number of hydrogen-bond donors (Lipinski definition) is 3. The van der Waals surface area contributed by atoms with Crippen molar-refractivity contribution in [2.24, 2.45) is 10.7 Å². The van der Waals surface area contributed by atoms with E-state index in [1.165, 1.54) is 24.3 Å². The molecular formula is C17H20FIN4O. The first-order valence-corrected chi connectivity index (χ1v) is 7.13. The fourth-order valence-electron chi connectivity index (χ4n) is 2.12. The predicted molar refractivity (Wildman–Crippen MR) is 106 cm³/mol. The molecule has 7 heteroatoms. The van der Waals surface area contributed by atoms with Crippen LogP contribution in [0.1, 0.15) is 11.1 Å². The van der Waals surface area contributed by atoms with E-state index in [1.54, 1.807) is 0 Å². The average molecular weight is 442 g/mol. The Kier molecular flexibility index (Phi) is 7.63. The van der Waals surface area contributed by atoms with Crippen molar-refractivity contribution in [3.8, 4) is 0 Å². The molecule has 2 rings (SSSR count). The lowest BCUT2D eigenvalue weighted by Gasteiger charge is -2.08. The highest BCUT2D eigenvalue weighted by atomic mass is 127. The molecule has 2 aromatic rings. The number of anilines is 2. The maximum atomic E-state index is 12.8. The molecule has 0 heterocycles. The number of guanidine groups is 1. The van der Waals surface area contributed by atoms with Gasteiger partial charge in [0.05, 0.1) is 0 Å². The zero-order valence-electron chi connectivity index (χ0n) is 13.5. The molecule has 0 unspecified atom stereocenters. The van der Waals surface area contributed by atoms with Gasteiger partial charge in [-0.15, -0.1) is 24.0 Å². The topological polar surface area (TPSA) is 79.5 Å². The van der Waals surface area contributed by atoms with Crippen LogP contribution < -0.4 is 16.4 Å². The number of nitrogens with two attached hydrogens (primary N) is 1. The molecule has 5 nitrogen and oxygen atoms in total. The van der Waals surface area contributed by atoms with Gasteiger partial charge in [-0.2, -0.15) is 0 Å². The number of aliphatic imine (C=N–C) groups is 1. The van der Waals surface area contributed by atoms with Gasteiger partial charge in [0.2, 0.25) is 5.91 Å². The molecule has 0 saturated heterocycles. The Morgan fingerprint density at radius 2 is 1.62 bits per heavy atom. The third-order valence-corrected chi connectivity index (χ3v) is 3.02. The Morgan fingerprint density at radius 1 is 1.04 bits per heavy atom. The van der Waals surface area contributed by atoms with E-state index in [0.29, 0.717) is 5.69 Å². The first kappa shape index (κ1) is 19.9. The number of aryl methyl sites for hydroxylation is 2. The van der Waals surface area contributed by atoms with E-state index in [0.717, 1.165) is 16.8 Å².